The zero-order chi connectivity index (χ0) is 14.6. The van der Waals surface area contributed by atoms with Gasteiger partial charge in [-0.2, -0.15) is 0 Å². The Labute approximate surface area is 121 Å². The molecule has 0 unspecified atom stereocenters. The van der Waals surface area contributed by atoms with Crippen LogP contribution in [0.5, 0.6) is 11.5 Å². The van der Waals surface area contributed by atoms with Gasteiger partial charge in [0.05, 0.1) is 18.8 Å². The van der Waals surface area contributed by atoms with E-state index in [2.05, 4.69) is 0 Å². The molecule has 0 spiro atoms. The summed E-state index contributed by atoms with van der Waals surface area (Å²) in [7, 11) is 0. The number of carbonyl (C=O) groups excluding carboxylic acids is 1. The Bertz CT molecular complexity index is 598. The lowest BCUT2D eigenvalue weighted by atomic mass is 9.76. The molecule has 4 rings (SSSR count). The molecule has 2 bridgehead atoms. The van der Waals surface area contributed by atoms with E-state index in [1.807, 2.05) is 12.1 Å². The van der Waals surface area contributed by atoms with Gasteiger partial charge in [0.25, 0.3) is 0 Å². The Kier molecular flexibility index (Phi) is 2.83. The van der Waals surface area contributed by atoms with Crippen LogP contribution in [0.3, 0.4) is 0 Å². The summed E-state index contributed by atoms with van der Waals surface area (Å²) in [6.07, 6.45) is -0.346. The van der Waals surface area contributed by atoms with Crippen molar-refractivity contribution in [2.24, 2.45) is 11.8 Å². The van der Waals surface area contributed by atoms with Crippen LogP contribution in [0.25, 0.3) is 0 Å². The monoisotopic (exact) mass is 292 g/mol. The molecular formula is C15H16O6. The quantitative estimate of drug-likeness (QED) is 0.847. The second-order valence-corrected chi connectivity index (χ2v) is 5.62. The van der Waals surface area contributed by atoms with Crippen molar-refractivity contribution in [2.75, 3.05) is 20.0 Å². The molecule has 1 saturated heterocycles. The lowest BCUT2D eigenvalue weighted by molar-refractivity contribution is -0.143. The lowest BCUT2D eigenvalue weighted by Crippen LogP contribution is -2.29. The Morgan fingerprint density at radius 3 is 2.43 bits per heavy atom. The fraction of sp³-hybridized carbons (Fsp3) is 0.533. The van der Waals surface area contributed by atoms with E-state index >= 15 is 0 Å². The third-order valence-electron chi connectivity index (χ3n) is 4.50. The maximum Gasteiger partial charge on any atom is 0.302 e. The van der Waals surface area contributed by atoms with Gasteiger partial charge in [0.15, 0.2) is 11.5 Å². The molecule has 21 heavy (non-hydrogen) atoms. The van der Waals surface area contributed by atoms with Crippen LogP contribution < -0.4 is 9.47 Å². The highest BCUT2D eigenvalue weighted by Gasteiger charge is 2.53. The summed E-state index contributed by atoms with van der Waals surface area (Å²) in [5.41, 5.74) is 2.09. The second kappa shape index (κ2) is 4.61. The highest BCUT2D eigenvalue weighted by molar-refractivity contribution is 5.66. The number of aliphatic hydroxyl groups is 1. The van der Waals surface area contributed by atoms with E-state index in [1.165, 1.54) is 6.92 Å². The normalized spacial score (nSPS) is 31.3. The van der Waals surface area contributed by atoms with E-state index in [1.54, 1.807) is 0 Å². The van der Waals surface area contributed by atoms with Crippen LogP contribution in [0, 0.1) is 11.8 Å². The van der Waals surface area contributed by atoms with Crippen LogP contribution in [-0.4, -0.2) is 31.1 Å². The Hall–Kier alpha value is -1.79. The molecule has 1 N–H and O–H groups in total. The second-order valence-electron chi connectivity index (χ2n) is 5.62. The fourth-order valence-electron chi connectivity index (χ4n) is 3.54. The zero-order valence-electron chi connectivity index (χ0n) is 11.6. The van der Waals surface area contributed by atoms with Gasteiger partial charge in [0.1, 0.15) is 0 Å². The van der Waals surface area contributed by atoms with Gasteiger partial charge in [0, 0.05) is 25.4 Å². The molecule has 0 radical (unpaired) electrons. The molecule has 0 amide bonds. The van der Waals surface area contributed by atoms with E-state index < -0.39 is 0 Å². The number of hydrogen-bond donors (Lipinski definition) is 1. The number of benzene rings is 1. The largest absolute Gasteiger partial charge is 0.465 e. The number of hydrogen-bond acceptors (Lipinski definition) is 6. The van der Waals surface area contributed by atoms with Gasteiger partial charge >= 0.3 is 5.97 Å². The lowest BCUT2D eigenvalue weighted by Gasteiger charge is -2.27. The van der Waals surface area contributed by atoms with Gasteiger partial charge < -0.3 is 24.1 Å². The number of rotatable bonds is 3. The highest BCUT2D eigenvalue weighted by Crippen LogP contribution is 2.59. The number of fused-ring (bicyclic) bond motifs is 6. The molecule has 3 heterocycles. The number of esters is 1. The van der Waals surface area contributed by atoms with Crippen molar-refractivity contribution in [3.8, 4) is 11.5 Å². The summed E-state index contributed by atoms with van der Waals surface area (Å²) >= 11 is 0. The zero-order valence-corrected chi connectivity index (χ0v) is 11.6. The summed E-state index contributed by atoms with van der Waals surface area (Å²) in [5, 5.41) is 9.67. The first-order valence-electron chi connectivity index (χ1n) is 7.02. The third kappa shape index (κ3) is 1.82. The van der Waals surface area contributed by atoms with Crippen molar-refractivity contribution >= 4 is 5.97 Å². The minimum atomic E-state index is -0.319. The molecule has 112 valence electrons. The average molecular weight is 292 g/mol. The van der Waals surface area contributed by atoms with E-state index in [0.717, 1.165) is 22.6 Å². The minimum Gasteiger partial charge on any atom is -0.465 e. The Morgan fingerprint density at radius 2 is 1.86 bits per heavy atom. The van der Waals surface area contributed by atoms with Crippen molar-refractivity contribution in [3.05, 3.63) is 23.3 Å². The molecule has 0 aliphatic carbocycles. The standard InChI is InChI=1S/C15H16O6/c1-7(17)18-5-11-10(4-16)14-8-2-12-13(20-6-19-12)3-9(8)15(11)21-14/h2-3,10-11,14-16H,4-6H2,1H3/t10-,11+,14-,15+/m1/s1. The summed E-state index contributed by atoms with van der Waals surface area (Å²) in [5.74, 6) is 1.02. The predicted octanol–water partition coefficient (Wildman–Crippen LogP) is 1.33. The molecule has 4 atom stereocenters. The molecule has 0 aromatic heterocycles. The predicted molar refractivity (Wildman–Crippen MR) is 69.8 cm³/mol. The minimum absolute atomic E-state index is 0.000972. The number of aliphatic hydroxyl groups excluding tert-OH is 1. The topological polar surface area (TPSA) is 74.2 Å². The first-order valence-corrected chi connectivity index (χ1v) is 7.02. The summed E-state index contributed by atoms with van der Waals surface area (Å²) in [6.45, 7) is 1.87. The van der Waals surface area contributed by atoms with Crippen LogP contribution in [0.2, 0.25) is 0 Å². The molecule has 1 aromatic rings. The van der Waals surface area contributed by atoms with E-state index in [4.69, 9.17) is 18.9 Å². The highest BCUT2D eigenvalue weighted by atomic mass is 16.7. The Morgan fingerprint density at radius 1 is 1.24 bits per heavy atom. The molecule has 1 aromatic carbocycles. The van der Waals surface area contributed by atoms with E-state index in [0.29, 0.717) is 0 Å². The third-order valence-corrected chi connectivity index (χ3v) is 4.50. The van der Waals surface area contributed by atoms with Crippen molar-refractivity contribution in [1.29, 1.82) is 0 Å². The molecule has 3 aliphatic rings. The van der Waals surface area contributed by atoms with Gasteiger partial charge in [-0.3, -0.25) is 4.79 Å². The summed E-state index contributed by atoms with van der Waals surface area (Å²) < 4.78 is 21.9. The molecule has 0 saturated carbocycles. The van der Waals surface area contributed by atoms with Crippen molar-refractivity contribution in [1.82, 2.24) is 0 Å². The van der Waals surface area contributed by atoms with Gasteiger partial charge in [-0.1, -0.05) is 0 Å². The molecule has 6 nitrogen and oxygen atoms in total. The van der Waals surface area contributed by atoms with Crippen LogP contribution >= 0.6 is 0 Å². The molecular weight excluding hydrogens is 276 g/mol. The van der Waals surface area contributed by atoms with Crippen LogP contribution in [-0.2, 0) is 14.3 Å². The number of ether oxygens (including phenoxy) is 4. The number of carbonyl (C=O) groups is 1. The molecule has 6 heteroatoms. The first kappa shape index (κ1) is 12.9. The smallest absolute Gasteiger partial charge is 0.302 e. The van der Waals surface area contributed by atoms with Crippen molar-refractivity contribution in [3.63, 3.8) is 0 Å². The van der Waals surface area contributed by atoms with Gasteiger partial charge in [-0.25, -0.2) is 0 Å². The summed E-state index contributed by atoms with van der Waals surface area (Å²) in [6, 6.07) is 3.88. The van der Waals surface area contributed by atoms with Crippen molar-refractivity contribution < 1.29 is 28.8 Å². The van der Waals surface area contributed by atoms with Gasteiger partial charge in [-0.05, 0) is 23.3 Å². The molecule has 1 fully saturated rings. The fourth-order valence-corrected chi connectivity index (χ4v) is 3.54. The van der Waals surface area contributed by atoms with Crippen LogP contribution in [0.1, 0.15) is 30.3 Å². The first-order chi connectivity index (χ1) is 10.2. The maximum absolute atomic E-state index is 11.0. The van der Waals surface area contributed by atoms with Crippen LogP contribution in [0.15, 0.2) is 12.1 Å². The van der Waals surface area contributed by atoms with E-state index in [-0.39, 0.29) is 50.0 Å². The average Bonchev–Trinajstić information content (AvgIpc) is 3.14. The van der Waals surface area contributed by atoms with Crippen LogP contribution in [0.4, 0.5) is 0 Å². The SMILES string of the molecule is CC(=O)OC[C@H]1[C@@H](CO)[C@@H]2O[C@H]1c1cc3c(cc12)OCO3. The molecule has 3 aliphatic heterocycles. The summed E-state index contributed by atoms with van der Waals surface area (Å²) in [4.78, 5) is 11.0. The van der Waals surface area contributed by atoms with E-state index in [9.17, 15) is 9.90 Å². The van der Waals surface area contributed by atoms with Gasteiger partial charge in [-0.15, -0.1) is 0 Å². The maximum atomic E-state index is 11.0. The van der Waals surface area contributed by atoms with Gasteiger partial charge in [0.2, 0.25) is 6.79 Å². The Balaban J connectivity index is 1.68. The van der Waals surface area contributed by atoms with Crippen molar-refractivity contribution in [2.45, 2.75) is 19.1 Å².